The molecule has 2 fully saturated rings. The van der Waals surface area contributed by atoms with Crippen LogP contribution in [0.25, 0.3) is 11.1 Å². The molecule has 2 saturated heterocycles. The molecule has 0 unspecified atom stereocenters. The van der Waals surface area contributed by atoms with Crippen LogP contribution in [0.3, 0.4) is 0 Å². The van der Waals surface area contributed by atoms with Crippen LogP contribution in [-0.4, -0.2) is 42.4 Å². The fraction of sp³-hybridized carbons (Fsp3) is 0.259. The molecule has 0 radical (unpaired) electrons. The fourth-order valence-corrected chi connectivity index (χ4v) is 4.90. The predicted octanol–water partition coefficient (Wildman–Crippen LogP) is 5.55. The first-order valence-corrected chi connectivity index (χ1v) is 11.6. The van der Waals surface area contributed by atoms with Crippen molar-refractivity contribution < 1.29 is 23.5 Å². The van der Waals surface area contributed by atoms with E-state index in [1.165, 1.54) is 12.1 Å². The van der Waals surface area contributed by atoms with E-state index in [0.717, 1.165) is 54.9 Å². The van der Waals surface area contributed by atoms with Crippen molar-refractivity contribution in [3.63, 3.8) is 0 Å². The summed E-state index contributed by atoms with van der Waals surface area (Å²) >= 11 is 6.53. The number of carbonyl (C=O) groups is 1. The number of halogens is 2. The standard InChI is InChI=1S/C26H24ClFN2O2.CO2/c27-24-16-19(6-11-23(24)20-7-9-21(28)10-8-20)17-29-14-12-26(13-15-29)18-30(25(31)32-26)22-4-2-1-3-5-22;2-1-3/h1-11,16H,12-15,17-18H2;. The lowest BCUT2D eigenvalue weighted by Crippen LogP contribution is -2.46. The third-order valence-electron chi connectivity index (χ3n) is 6.40. The molecule has 35 heavy (non-hydrogen) atoms. The van der Waals surface area contributed by atoms with Crippen molar-refractivity contribution in [2.45, 2.75) is 25.0 Å². The first-order valence-electron chi connectivity index (χ1n) is 11.2. The van der Waals surface area contributed by atoms with Gasteiger partial charge in [-0.2, -0.15) is 9.59 Å². The van der Waals surface area contributed by atoms with Gasteiger partial charge in [0, 0.05) is 48.7 Å². The summed E-state index contributed by atoms with van der Waals surface area (Å²) in [4.78, 5) is 32.8. The Morgan fingerprint density at radius 1 is 0.971 bits per heavy atom. The van der Waals surface area contributed by atoms with Crippen molar-refractivity contribution in [3.05, 3.63) is 89.2 Å². The number of piperidine rings is 1. The molecule has 2 aliphatic heterocycles. The molecule has 3 aromatic carbocycles. The first kappa shape index (κ1) is 24.6. The summed E-state index contributed by atoms with van der Waals surface area (Å²) in [6, 6.07) is 22.1. The minimum atomic E-state index is -0.409. The molecular weight excluding hydrogens is 471 g/mol. The van der Waals surface area contributed by atoms with E-state index in [4.69, 9.17) is 25.9 Å². The van der Waals surface area contributed by atoms with Crippen LogP contribution in [0.4, 0.5) is 14.9 Å². The molecule has 1 amide bonds. The van der Waals surface area contributed by atoms with Crippen LogP contribution in [0.5, 0.6) is 0 Å². The Hall–Kier alpha value is -3.51. The van der Waals surface area contributed by atoms with Crippen molar-refractivity contribution in [2.24, 2.45) is 0 Å². The Bertz CT molecular complexity index is 1210. The van der Waals surface area contributed by atoms with Crippen LogP contribution >= 0.6 is 11.6 Å². The Labute approximate surface area is 207 Å². The van der Waals surface area contributed by atoms with E-state index >= 15 is 0 Å². The van der Waals surface area contributed by atoms with E-state index in [-0.39, 0.29) is 18.1 Å². The van der Waals surface area contributed by atoms with Gasteiger partial charge in [0.1, 0.15) is 11.4 Å². The van der Waals surface area contributed by atoms with Gasteiger partial charge in [-0.25, -0.2) is 9.18 Å². The first-order chi connectivity index (χ1) is 16.9. The zero-order chi connectivity index (χ0) is 24.8. The molecule has 0 aromatic heterocycles. The third-order valence-corrected chi connectivity index (χ3v) is 6.71. The Morgan fingerprint density at radius 3 is 2.26 bits per heavy atom. The largest absolute Gasteiger partial charge is 0.441 e. The highest BCUT2D eigenvalue weighted by molar-refractivity contribution is 6.33. The minimum Gasteiger partial charge on any atom is -0.441 e. The lowest BCUT2D eigenvalue weighted by atomic mass is 9.91. The van der Waals surface area contributed by atoms with Gasteiger partial charge in [0.05, 0.1) is 6.54 Å². The fourth-order valence-electron chi connectivity index (χ4n) is 4.59. The Balaban J connectivity index is 0.000000917. The molecule has 0 atom stereocenters. The molecule has 3 aromatic rings. The van der Waals surface area contributed by atoms with Crippen LogP contribution in [0.1, 0.15) is 18.4 Å². The SMILES string of the molecule is O=C1OC2(CCN(Cc3ccc(-c4ccc(F)cc4)c(Cl)c3)CC2)CN1c1ccccc1.O=C=O. The lowest BCUT2D eigenvalue weighted by Gasteiger charge is -2.37. The van der Waals surface area contributed by atoms with E-state index in [1.54, 1.807) is 17.0 Å². The summed E-state index contributed by atoms with van der Waals surface area (Å²) in [6.45, 7) is 3.10. The van der Waals surface area contributed by atoms with E-state index in [1.807, 2.05) is 42.5 Å². The summed E-state index contributed by atoms with van der Waals surface area (Å²) in [5, 5.41) is 0.658. The van der Waals surface area contributed by atoms with E-state index in [2.05, 4.69) is 11.0 Å². The smallest absolute Gasteiger partial charge is 0.415 e. The zero-order valence-electron chi connectivity index (χ0n) is 19.0. The second-order valence-corrected chi connectivity index (χ2v) is 9.06. The number of nitrogens with zero attached hydrogens (tertiary/aromatic N) is 2. The van der Waals surface area contributed by atoms with E-state index < -0.39 is 5.60 Å². The number of para-hydroxylation sites is 1. The lowest BCUT2D eigenvalue weighted by molar-refractivity contribution is -0.191. The van der Waals surface area contributed by atoms with Gasteiger partial charge in [-0.15, -0.1) is 0 Å². The number of carbonyl (C=O) groups excluding carboxylic acids is 3. The molecule has 2 heterocycles. The highest BCUT2D eigenvalue weighted by Crippen LogP contribution is 2.36. The Kier molecular flexibility index (Phi) is 7.61. The van der Waals surface area contributed by atoms with Gasteiger partial charge < -0.3 is 4.74 Å². The number of benzene rings is 3. The molecule has 1 spiro atoms. The topological polar surface area (TPSA) is 66.9 Å². The number of likely N-dealkylation sites (tertiary alicyclic amines) is 1. The average molecular weight is 495 g/mol. The van der Waals surface area contributed by atoms with Gasteiger partial charge in [-0.3, -0.25) is 9.80 Å². The summed E-state index contributed by atoms with van der Waals surface area (Å²) < 4.78 is 19.1. The average Bonchev–Trinajstić information content (AvgIpc) is 3.18. The number of amides is 1. The van der Waals surface area contributed by atoms with Crippen LogP contribution in [0.15, 0.2) is 72.8 Å². The van der Waals surface area contributed by atoms with Gasteiger partial charge in [0.25, 0.3) is 0 Å². The highest BCUT2D eigenvalue weighted by Gasteiger charge is 2.47. The number of anilines is 1. The maximum Gasteiger partial charge on any atom is 0.415 e. The van der Waals surface area contributed by atoms with E-state index in [0.29, 0.717) is 11.6 Å². The molecular formula is C27H24ClFN2O4. The van der Waals surface area contributed by atoms with Crippen molar-refractivity contribution in [1.82, 2.24) is 4.90 Å². The summed E-state index contributed by atoms with van der Waals surface area (Å²) in [5.41, 5.74) is 3.40. The molecule has 5 rings (SSSR count). The van der Waals surface area contributed by atoms with Gasteiger partial charge in [0.2, 0.25) is 0 Å². The van der Waals surface area contributed by atoms with Crippen molar-refractivity contribution in [2.75, 3.05) is 24.5 Å². The minimum absolute atomic E-state index is 0.250. The number of hydrogen-bond donors (Lipinski definition) is 0. The second kappa shape index (κ2) is 10.8. The third kappa shape index (κ3) is 5.77. The van der Waals surface area contributed by atoms with E-state index in [9.17, 15) is 9.18 Å². The molecule has 6 nitrogen and oxygen atoms in total. The maximum absolute atomic E-state index is 13.2. The molecule has 2 aliphatic rings. The number of hydrogen-bond acceptors (Lipinski definition) is 5. The second-order valence-electron chi connectivity index (χ2n) is 8.65. The molecule has 0 aliphatic carbocycles. The maximum atomic E-state index is 13.2. The van der Waals surface area contributed by atoms with Gasteiger partial charge in [-0.05, 0) is 41.5 Å². The highest BCUT2D eigenvalue weighted by atomic mass is 35.5. The van der Waals surface area contributed by atoms with Crippen molar-refractivity contribution in [3.8, 4) is 11.1 Å². The van der Waals surface area contributed by atoms with Gasteiger partial charge in [-0.1, -0.05) is 54.1 Å². The normalized spacial score (nSPS) is 16.9. The number of rotatable bonds is 4. The molecule has 0 N–H and O–H groups in total. The van der Waals surface area contributed by atoms with Crippen molar-refractivity contribution in [1.29, 1.82) is 0 Å². The summed E-state index contributed by atoms with van der Waals surface area (Å²) in [7, 11) is 0. The molecule has 8 heteroatoms. The number of ether oxygens (including phenoxy) is 1. The molecule has 0 bridgehead atoms. The molecule has 180 valence electrons. The zero-order valence-corrected chi connectivity index (χ0v) is 19.7. The van der Waals surface area contributed by atoms with Crippen LogP contribution in [-0.2, 0) is 20.9 Å². The Morgan fingerprint density at radius 2 is 1.63 bits per heavy atom. The van der Waals surface area contributed by atoms with Crippen molar-refractivity contribution >= 4 is 29.5 Å². The van der Waals surface area contributed by atoms with Crippen LogP contribution in [0, 0.1) is 5.82 Å². The van der Waals surface area contributed by atoms with Crippen LogP contribution in [0.2, 0.25) is 5.02 Å². The predicted molar refractivity (Wildman–Crippen MR) is 129 cm³/mol. The quantitative estimate of drug-likeness (QED) is 0.475. The van der Waals surface area contributed by atoms with Gasteiger partial charge >= 0.3 is 12.2 Å². The summed E-state index contributed by atoms with van der Waals surface area (Å²) in [5.74, 6) is -0.260. The van der Waals surface area contributed by atoms with Crippen LogP contribution < -0.4 is 4.90 Å². The molecule has 0 saturated carbocycles. The summed E-state index contributed by atoms with van der Waals surface area (Å²) in [6.07, 6.45) is 1.61. The van der Waals surface area contributed by atoms with Gasteiger partial charge in [0.15, 0.2) is 0 Å². The monoisotopic (exact) mass is 494 g/mol.